The molecule has 4 heterocycles. The van der Waals surface area contributed by atoms with Crippen LogP contribution in [0.4, 0.5) is 4.79 Å². The molecule has 8 heteroatoms. The first-order chi connectivity index (χ1) is 18.9. The molecule has 2 fully saturated rings. The van der Waals surface area contributed by atoms with Crippen molar-refractivity contribution in [2.45, 2.75) is 71.3 Å². The van der Waals surface area contributed by atoms with Crippen LogP contribution in [0, 0.1) is 13.8 Å². The maximum atomic E-state index is 13.2. The minimum absolute atomic E-state index is 0.0276. The van der Waals surface area contributed by atoms with Crippen LogP contribution in [-0.2, 0) is 9.53 Å². The van der Waals surface area contributed by atoms with E-state index in [2.05, 4.69) is 19.1 Å². The minimum Gasteiger partial charge on any atom is -0.496 e. The van der Waals surface area contributed by atoms with Crippen molar-refractivity contribution < 1.29 is 19.1 Å². The highest BCUT2D eigenvalue weighted by atomic mass is 16.6. The molecule has 0 saturated carbocycles. The highest BCUT2D eigenvalue weighted by Crippen LogP contribution is 2.38. The lowest BCUT2D eigenvalue weighted by molar-refractivity contribution is -0.127. The first kappa shape index (κ1) is 27.9. The van der Waals surface area contributed by atoms with Crippen LogP contribution in [0.3, 0.4) is 0 Å². The van der Waals surface area contributed by atoms with Crippen molar-refractivity contribution in [3.63, 3.8) is 0 Å². The lowest BCUT2D eigenvalue weighted by Crippen LogP contribution is -2.42. The number of fused-ring (bicyclic) bond motifs is 1. The molecule has 2 unspecified atom stereocenters. The monoisotopic (exact) mass is 544 g/mol. The number of likely N-dealkylation sites (N-methyl/N-ethyl adjacent to an activating group) is 1. The SMILES string of the molecule is COc1cc(C)cc(C)c1-c1ccc2c(C3CCN(C)C3=O)cc(C3CCCN(C(=O)OC(C)(C)C)C3)nc2n1. The number of pyridine rings is 2. The van der Waals surface area contributed by atoms with E-state index in [1.54, 1.807) is 16.9 Å². The predicted molar refractivity (Wildman–Crippen MR) is 156 cm³/mol. The Morgan fingerprint density at radius 1 is 1.05 bits per heavy atom. The van der Waals surface area contributed by atoms with E-state index in [0.29, 0.717) is 18.7 Å². The van der Waals surface area contributed by atoms with Gasteiger partial charge in [0.25, 0.3) is 0 Å². The van der Waals surface area contributed by atoms with Crippen LogP contribution >= 0.6 is 0 Å². The van der Waals surface area contributed by atoms with Gasteiger partial charge in [0.05, 0.1) is 18.7 Å². The smallest absolute Gasteiger partial charge is 0.410 e. The van der Waals surface area contributed by atoms with Gasteiger partial charge in [0, 0.05) is 49.2 Å². The van der Waals surface area contributed by atoms with E-state index in [-0.39, 0.29) is 23.8 Å². The molecule has 0 radical (unpaired) electrons. The van der Waals surface area contributed by atoms with Gasteiger partial charge in [0.2, 0.25) is 5.91 Å². The van der Waals surface area contributed by atoms with Gasteiger partial charge in [-0.05, 0) is 94.8 Å². The molecule has 0 bridgehead atoms. The zero-order valence-electron chi connectivity index (χ0n) is 24.7. The molecule has 40 heavy (non-hydrogen) atoms. The molecule has 2 aliphatic heterocycles. The third kappa shape index (κ3) is 5.49. The van der Waals surface area contributed by atoms with Crippen LogP contribution in [0.1, 0.15) is 74.3 Å². The Hall–Kier alpha value is -3.68. The number of aromatic nitrogens is 2. The minimum atomic E-state index is -0.553. The number of benzene rings is 1. The number of ether oxygens (including phenoxy) is 2. The Kier molecular flexibility index (Phi) is 7.46. The summed E-state index contributed by atoms with van der Waals surface area (Å²) in [6.07, 6.45) is 2.22. The van der Waals surface area contributed by atoms with Gasteiger partial charge >= 0.3 is 6.09 Å². The van der Waals surface area contributed by atoms with Gasteiger partial charge in [-0.2, -0.15) is 0 Å². The van der Waals surface area contributed by atoms with Crippen LogP contribution in [0.15, 0.2) is 30.3 Å². The van der Waals surface area contributed by atoms with E-state index in [1.165, 1.54) is 0 Å². The van der Waals surface area contributed by atoms with Crippen molar-refractivity contribution in [3.8, 4) is 17.0 Å². The molecule has 2 atom stereocenters. The summed E-state index contributed by atoms with van der Waals surface area (Å²) in [5.74, 6) is 0.689. The second-order valence-corrected chi connectivity index (χ2v) is 12.2. The summed E-state index contributed by atoms with van der Waals surface area (Å²) in [7, 11) is 3.53. The van der Waals surface area contributed by atoms with E-state index in [4.69, 9.17) is 19.4 Å². The Bertz CT molecular complexity index is 1460. The Labute approximate surface area is 236 Å². The zero-order chi connectivity index (χ0) is 28.8. The Morgan fingerprint density at radius 3 is 2.50 bits per heavy atom. The highest BCUT2D eigenvalue weighted by molar-refractivity contribution is 5.92. The molecule has 1 aromatic carbocycles. The summed E-state index contributed by atoms with van der Waals surface area (Å²) in [5, 5.41) is 0.893. The Balaban J connectivity index is 1.60. The van der Waals surface area contributed by atoms with Gasteiger partial charge in [-0.25, -0.2) is 14.8 Å². The third-order valence-corrected chi connectivity index (χ3v) is 7.94. The van der Waals surface area contributed by atoms with Crippen molar-refractivity contribution in [2.24, 2.45) is 0 Å². The number of amides is 2. The maximum absolute atomic E-state index is 13.2. The van der Waals surface area contributed by atoms with Gasteiger partial charge in [-0.3, -0.25) is 4.79 Å². The number of hydrogen-bond acceptors (Lipinski definition) is 6. The fraction of sp³-hybridized carbons (Fsp3) is 0.500. The summed E-state index contributed by atoms with van der Waals surface area (Å²) >= 11 is 0. The molecular weight excluding hydrogens is 504 g/mol. The van der Waals surface area contributed by atoms with Crippen molar-refractivity contribution in [3.05, 3.63) is 52.7 Å². The number of piperidine rings is 1. The van der Waals surface area contributed by atoms with Gasteiger partial charge < -0.3 is 19.3 Å². The highest BCUT2D eigenvalue weighted by Gasteiger charge is 2.34. The van der Waals surface area contributed by atoms with Crippen LogP contribution in [0.25, 0.3) is 22.3 Å². The normalized spacial score (nSPS) is 19.8. The first-order valence-corrected chi connectivity index (χ1v) is 14.1. The van der Waals surface area contributed by atoms with Crippen LogP contribution < -0.4 is 4.74 Å². The summed E-state index contributed by atoms with van der Waals surface area (Å²) < 4.78 is 11.4. The number of carbonyl (C=O) groups is 2. The van der Waals surface area contributed by atoms with Crippen LogP contribution in [0.2, 0.25) is 0 Å². The molecule has 212 valence electrons. The van der Waals surface area contributed by atoms with Crippen molar-refractivity contribution >= 4 is 23.0 Å². The van der Waals surface area contributed by atoms with E-state index < -0.39 is 5.60 Å². The fourth-order valence-corrected chi connectivity index (χ4v) is 6.03. The maximum Gasteiger partial charge on any atom is 0.410 e. The first-order valence-electron chi connectivity index (χ1n) is 14.1. The van der Waals surface area contributed by atoms with Crippen LogP contribution in [-0.4, -0.2) is 71.2 Å². The molecule has 5 rings (SSSR count). The lowest BCUT2D eigenvalue weighted by Gasteiger charge is -2.34. The third-order valence-electron chi connectivity index (χ3n) is 7.94. The summed E-state index contributed by atoms with van der Waals surface area (Å²) in [6, 6.07) is 10.3. The largest absolute Gasteiger partial charge is 0.496 e. The van der Waals surface area contributed by atoms with Crippen molar-refractivity contribution in [1.82, 2.24) is 19.8 Å². The second-order valence-electron chi connectivity index (χ2n) is 12.2. The summed E-state index contributed by atoms with van der Waals surface area (Å²) in [4.78, 5) is 39.8. The van der Waals surface area contributed by atoms with E-state index in [1.807, 2.05) is 52.9 Å². The van der Waals surface area contributed by atoms with Crippen molar-refractivity contribution in [1.29, 1.82) is 0 Å². The van der Waals surface area contributed by atoms with Crippen molar-refractivity contribution in [2.75, 3.05) is 33.8 Å². The molecule has 0 spiro atoms. The lowest BCUT2D eigenvalue weighted by atomic mass is 9.89. The predicted octanol–water partition coefficient (Wildman–Crippen LogP) is 5.98. The molecule has 8 nitrogen and oxygen atoms in total. The molecule has 2 aromatic heterocycles. The number of hydrogen-bond donors (Lipinski definition) is 0. The molecule has 2 saturated heterocycles. The van der Waals surface area contributed by atoms with Gasteiger partial charge in [0.1, 0.15) is 11.4 Å². The average molecular weight is 545 g/mol. The standard InChI is InChI=1S/C32H40N4O4/c1-19-15-20(2)28(27(16-19)39-7)25-11-10-22-24(23-12-14-35(6)30(23)37)17-26(34-29(22)33-25)21-9-8-13-36(18-21)31(38)40-32(3,4)5/h10-11,15-17,21,23H,8-9,12-14,18H2,1-7H3. The molecule has 0 aliphatic carbocycles. The van der Waals surface area contributed by atoms with Crippen LogP contribution in [0.5, 0.6) is 5.75 Å². The molecule has 3 aromatic rings. The number of rotatable bonds is 4. The fourth-order valence-electron chi connectivity index (χ4n) is 6.03. The molecular formula is C32H40N4O4. The number of methoxy groups -OCH3 is 1. The molecule has 0 N–H and O–H groups in total. The number of aryl methyl sites for hydroxylation is 2. The average Bonchev–Trinajstić information content (AvgIpc) is 3.23. The van der Waals surface area contributed by atoms with Gasteiger partial charge in [0.15, 0.2) is 5.65 Å². The quantitative estimate of drug-likeness (QED) is 0.402. The number of nitrogens with zero attached hydrogens (tertiary/aromatic N) is 4. The molecule has 2 aliphatic rings. The van der Waals surface area contributed by atoms with E-state index >= 15 is 0 Å². The van der Waals surface area contributed by atoms with E-state index in [0.717, 1.165) is 70.6 Å². The van der Waals surface area contributed by atoms with Gasteiger partial charge in [-0.15, -0.1) is 0 Å². The zero-order valence-corrected chi connectivity index (χ0v) is 24.7. The van der Waals surface area contributed by atoms with Gasteiger partial charge in [-0.1, -0.05) is 6.07 Å². The summed E-state index contributed by atoms with van der Waals surface area (Å²) in [5.41, 5.74) is 5.82. The second kappa shape index (κ2) is 10.7. The van der Waals surface area contributed by atoms with E-state index in [9.17, 15) is 9.59 Å². The Morgan fingerprint density at radius 2 is 1.82 bits per heavy atom. The topological polar surface area (TPSA) is 84.9 Å². The number of likely N-dealkylation sites (tertiary alicyclic amines) is 2. The number of carbonyl (C=O) groups excluding carboxylic acids is 2. The summed E-state index contributed by atoms with van der Waals surface area (Å²) in [6.45, 7) is 11.7. The molecule has 2 amide bonds.